The second-order valence-corrected chi connectivity index (χ2v) is 4.80. The van der Waals surface area contributed by atoms with Gasteiger partial charge < -0.3 is 10.1 Å². The van der Waals surface area contributed by atoms with E-state index in [-0.39, 0.29) is 5.82 Å². The molecule has 2 nitrogen and oxygen atoms in total. The van der Waals surface area contributed by atoms with E-state index in [1.165, 1.54) is 23.3 Å². The number of ether oxygens (including phenoxy) is 1. The van der Waals surface area contributed by atoms with Crippen LogP contribution in [0.1, 0.15) is 17.0 Å². The van der Waals surface area contributed by atoms with Gasteiger partial charge in [-0.1, -0.05) is 30.3 Å². The smallest absolute Gasteiger partial charge is 0.126 e. The number of hydrogen-bond donors (Lipinski definition) is 1. The van der Waals surface area contributed by atoms with Crippen molar-refractivity contribution in [3.63, 3.8) is 0 Å². The number of fused-ring (bicyclic) bond motifs is 1. The fourth-order valence-electron chi connectivity index (χ4n) is 2.49. The minimum atomic E-state index is -0.264. The van der Waals surface area contributed by atoms with Crippen molar-refractivity contribution in [2.75, 3.05) is 13.2 Å². The Morgan fingerprint density at radius 3 is 2.95 bits per heavy atom. The van der Waals surface area contributed by atoms with E-state index in [1.807, 2.05) is 0 Å². The largest absolute Gasteiger partial charge is 0.493 e. The Balaban J connectivity index is 1.71. The number of nitrogens with one attached hydrogen (secondary N) is 1. The van der Waals surface area contributed by atoms with Gasteiger partial charge in [-0.15, -0.1) is 0 Å². The van der Waals surface area contributed by atoms with Crippen LogP contribution < -0.4 is 10.1 Å². The van der Waals surface area contributed by atoms with E-state index in [0.29, 0.717) is 18.3 Å². The molecule has 0 saturated heterocycles. The molecule has 0 fully saturated rings. The summed E-state index contributed by atoms with van der Waals surface area (Å²) in [5, 5.41) is 3.38. The molecule has 0 aromatic heterocycles. The summed E-state index contributed by atoms with van der Waals surface area (Å²) in [7, 11) is 0. The predicted molar refractivity (Wildman–Crippen MR) is 72.8 cm³/mol. The average molecular weight is 257 g/mol. The normalized spacial score (nSPS) is 17.8. The van der Waals surface area contributed by atoms with Crippen LogP contribution in [0.15, 0.2) is 48.5 Å². The molecule has 0 bridgehead atoms. The van der Waals surface area contributed by atoms with E-state index < -0.39 is 0 Å². The molecule has 1 unspecified atom stereocenters. The molecule has 0 aliphatic carbocycles. The van der Waals surface area contributed by atoms with Gasteiger partial charge in [-0.05, 0) is 23.3 Å². The van der Waals surface area contributed by atoms with Gasteiger partial charge >= 0.3 is 0 Å². The van der Waals surface area contributed by atoms with Crippen LogP contribution in [0.5, 0.6) is 5.75 Å². The van der Waals surface area contributed by atoms with Gasteiger partial charge in [0.2, 0.25) is 0 Å². The molecule has 0 amide bonds. The molecule has 0 spiro atoms. The lowest BCUT2D eigenvalue weighted by molar-refractivity contribution is 0.277. The van der Waals surface area contributed by atoms with E-state index in [1.54, 1.807) is 12.1 Å². The van der Waals surface area contributed by atoms with Crippen LogP contribution in [-0.2, 0) is 6.54 Å². The van der Waals surface area contributed by atoms with Crippen LogP contribution in [0.3, 0.4) is 0 Å². The van der Waals surface area contributed by atoms with Crippen molar-refractivity contribution in [3.8, 4) is 5.75 Å². The first-order valence-electron chi connectivity index (χ1n) is 6.50. The minimum Gasteiger partial charge on any atom is -0.493 e. The van der Waals surface area contributed by atoms with Gasteiger partial charge in [0.25, 0.3) is 0 Å². The molecule has 0 radical (unpaired) electrons. The molecule has 98 valence electrons. The third-order valence-corrected chi connectivity index (χ3v) is 3.45. The summed E-state index contributed by atoms with van der Waals surface area (Å²) < 4.78 is 18.8. The van der Waals surface area contributed by atoms with E-state index in [9.17, 15) is 4.39 Å². The zero-order valence-corrected chi connectivity index (χ0v) is 10.6. The van der Waals surface area contributed by atoms with Crippen molar-refractivity contribution in [3.05, 3.63) is 65.5 Å². The predicted octanol–water partition coefficient (Wildman–Crippen LogP) is 3.09. The molecular formula is C16H16FNO. The maximum absolute atomic E-state index is 13.1. The van der Waals surface area contributed by atoms with Gasteiger partial charge in [-0.2, -0.15) is 0 Å². The Bertz CT molecular complexity index is 570. The van der Waals surface area contributed by atoms with Crippen LogP contribution in [-0.4, -0.2) is 13.2 Å². The van der Waals surface area contributed by atoms with Crippen LogP contribution >= 0.6 is 0 Å². The van der Waals surface area contributed by atoms with Crippen molar-refractivity contribution >= 4 is 0 Å². The van der Waals surface area contributed by atoms with Crippen molar-refractivity contribution in [1.29, 1.82) is 0 Å². The highest BCUT2D eigenvalue weighted by molar-refractivity contribution is 5.33. The lowest BCUT2D eigenvalue weighted by atomic mass is 9.91. The first-order chi connectivity index (χ1) is 9.33. The van der Waals surface area contributed by atoms with Crippen LogP contribution in [0.2, 0.25) is 0 Å². The molecule has 2 aromatic rings. The molecule has 1 aliphatic heterocycles. The maximum atomic E-state index is 13.1. The molecule has 3 rings (SSSR count). The van der Waals surface area contributed by atoms with Crippen molar-refractivity contribution in [1.82, 2.24) is 5.32 Å². The monoisotopic (exact) mass is 257 g/mol. The first-order valence-corrected chi connectivity index (χ1v) is 6.50. The van der Waals surface area contributed by atoms with Crippen LogP contribution in [0, 0.1) is 5.82 Å². The van der Waals surface area contributed by atoms with Gasteiger partial charge in [-0.25, -0.2) is 4.39 Å². The number of hydrogen-bond acceptors (Lipinski definition) is 2. The Labute approximate surface area is 112 Å². The Morgan fingerprint density at radius 1 is 1.16 bits per heavy atom. The summed E-state index contributed by atoms with van der Waals surface area (Å²) >= 11 is 0. The molecule has 19 heavy (non-hydrogen) atoms. The second-order valence-electron chi connectivity index (χ2n) is 4.80. The van der Waals surface area contributed by atoms with Crippen molar-refractivity contribution in [2.45, 2.75) is 12.5 Å². The summed E-state index contributed by atoms with van der Waals surface area (Å²) in [6.07, 6.45) is 0. The fraction of sp³-hybridized carbons (Fsp3) is 0.250. The quantitative estimate of drug-likeness (QED) is 0.912. The standard InChI is InChI=1S/C16H16FNO/c17-14-5-3-6-15(8-14)19-11-13-10-18-9-12-4-1-2-7-16(12)13/h1-8,13,18H,9-11H2. The maximum Gasteiger partial charge on any atom is 0.126 e. The average Bonchev–Trinajstić information content (AvgIpc) is 2.45. The molecule has 1 N–H and O–H groups in total. The van der Waals surface area contributed by atoms with Crippen molar-refractivity contribution in [2.24, 2.45) is 0 Å². The Morgan fingerprint density at radius 2 is 2.05 bits per heavy atom. The second kappa shape index (κ2) is 5.41. The van der Waals surface area contributed by atoms with Gasteiger partial charge in [0, 0.05) is 25.1 Å². The lowest BCUT2D eigenvalue weighted by Crippen LogP contribution is -2.31. The molecule has 1 heterocycles. The summed E-state index contributed by atoms with van der Waals surface area (Å²) in [6, 6.07) is 14.7. The molecular weight excluding hydrogens is 241 g/mol. The van der Waals surface area contributed by atoms with Crippen LogP contribution in [0.25, 0.3) is 0 Å². The SMILES string of the molecule is Fc1cccc(OCC2CNCc3ccccc32)c1. The summed E-state index contributed by atoms with van der Waals surface area (Å²) in [5.41, 5.74) is 2.65. The molecule has 1 aliphatic rings. The number of halogens is 1. The highest BCUT2D eigenvalue weighted by Crippen LogP contribution is 2.24. The van der Waals surface area contributed by atoms with Crippen LogP contribution in [0.4, 0.5) is 4.39 Å². The minimum absolute atomic E-state index is 0.264. The number of rotatable bonds is 3. The summed E-state index contributed by atoms with van der Waals surface area (Å²) in [5.74, 6) is 0.635. The van der Waals surface area contributed by atoms with E-state index in [0.717, 1.165) is 13.1 Å². The van der Waals surface area contributed by atoms with E-state index in [4.69, 9.17) is 4.74 Å². The highest BCUT2D eigenvalue weighted by atomic mass is 19.1. The lowest BCUT2D eigenvalue weighted by Gasteiger charge is -2.26. The first kappa shape index (κ1) is 12.2. The summed E-state index contributed by atoms with van der Waals surface area (Å²) in [4.78, 5) is 0. The van der Waals surface area contributed by atoms with Gasteiger partial charge in [0.15, 0.2) is 0 Å². The fourth-order valence-corrected chi connectivity index (χ4v) is 2.49. The Kier molecular flexibility index (Phi) is 3.47. The zero-order chi connectivity index (χ0) is 13.1. The van der Waals surface area contributed by atoms with Gasteiger partial charge in [-0.3, -0.25) is 0 Å². The molecule has 1 atom stereocenters. The zero-order valence-electron chi connectivity index (χ0n) is 10.6. The van der Waals surface area contributed by atoms with Gasteiger partial charge in [0.05, 0.1) is 6.61 Å². The third kappa shape index (κ3) is 2.76. The molecule has 0 saturated carbocycles. The van der Waals surface area contributed by atoms with E-state index >= 15 is 0 Å². The van der Waals surface area contributed by atoms with Gasteiger partial charge in [0.1, 0.15) is 11.6 Å². The molecule has 3 heteroatoms. The topological polar surface area (TPSA) is 21.3 Å². The van der Waals surface area contributed by atoms with E-state index in [2.05, 4.69) is 29.6 Å². The molecule has 2 aromatic carbocycles. The number of benzene rings is 2. The summed E-state index contributed by atoms with van der Waals surface area (Å²) in [6.45, 7) is 2.37. The Hall–Kier alpha value is -1.87. The van der Waals surface area contributed by atoms with Crippen molar-refractivity contribution < 1.29 is 9.13 Å². The highest BCUT2D eigenvalue weighted by Gasteiger charge is 2.19. The third-order valence-electron chi connectivity index (χ3n) is 3.45.